The van der Waals surface area contributed by atoms with E-state index >= 15 is 0 Å². The Morgan fingerprint density at radius 2 is 2.12 bits per heavy atom. The van der Waals surface area contributed by atoms with Gasteiger partial charge < -0.3 is 5.32 Å². The van der Waals surface area contributed by atoms with E-state index in [-0.39, 0.29) is 0 Å². The van der Waals surface area contributed by atoms with Crippen LogP contribution in [0, 0.1) is 0 Å². The van der Waals surface area contributed by atoms with Gasteiger partial charge in [0.25, 0.3) is 0 Å². The Kier molecular flexibility index (Phi) is 3.27. The number of thiazole rings is 1. The van der Waals surface area contributed by atoms with Gasteiger partial charge in [-0.2, -0.15) is 0 Å². The fourth-order valence-electron chi connectivity index (χ4n) is 2.11. The lowest BCUT2D eigenvalue weighted by atomic mass is 10.2. The lowest BCUT2D eigenvalue weighted by molar-refractivity contribution is 0.632. The van der Waals surface area contributed by atoms with E-state index in [4.69, 9.17) is 4.98 Å². The van der Waals surface area contributed by atoms with Crippen molar-refractivity contribution in [2.24, 2.45) is 0 Å². The highest BCUT2D eigenvalue weighted by Crippen LogP contribution is 2.30. The van der Waals surface area contributed by atoms with E-state index in [1.54, 1.807) is 11.3 Å². The smallest absolute Gasteiger partial charge is 0.123 e. The molecule has 1 unspecified atom stereocenters. The zero-order valence-corrected chi connectivity index (χ0v) is 11.7. The molecule has 17 heavy (non-hydrogen) atoms. The third-order valence-electron chi connectivity index (χ3n) is 3.03. The summed E-state index contributed by atoms with van der Waals surface area (Å²) in [5.74, 6) is 0. The Hall–Kier alpha value is -0.710. The number of hydrogen-bond acceptors (Lipinski definition) is 3. The van der Waals surface area contributed by atoms with Gasteiger partial charge in [-0.15, -0.1) is 11.3 Å². The molecule has 2 nitrogen and oxygen atoms in total. The van der Waals surface area contributed by atoms with Crippen molar-refractivity contribution in [2.75, 3.05) is 6.54 Å². The first-order chi connectivity index (χ1) is 8.33. The maximum Gasteiger partial charge on any atom is 0.123 e. The second-order valence-corrected chi connectivity index (χ2v) is 6.01. The zero-order chi connectivity index (χ0) is 11.7. The molecule has 0 amide bonds. The molecule has 0 saturated carbocycles. The first-order valence-corrected chi connectivity index (χ1v) is 7.45. The van der Waals surface area contributed by atoms with Crippen molar-refractivity contribution in [3.63, 3.8) is 0 Å². The molecule has 0 spiro atoms. The Morgan fingerprint density at radius 1 is 1.29 bits per heavy atom. The summed E-state index contributed by atoms with van der Waals surface area (Å²) < 4.78 is 1.11. The van der Waals surface area contributed by atoms with Crippen LogP contribution in [0.3, 0.4) is 0 Å². The fourth-order valence-corrected chi connectivity index (χ4v) is 3.25. The molecule has 0 aliphatic carbocycles. The van der Waals surface area contributed by atoms with Crippen LogP contribution >= 0.6 is 27.3 Å². The van der Waals surface area contributed by atoms with Crippen molar-refractivity contribution in [2.45, 2.75) is 18.9 Å². The molecule has 2 heterocycles. The van der Waals surface area contributed by atoms with Crippen LogP contribution < -0.4 is 5.32 Å². The molecule has 1 aliphatic rings. The predicted molar refractivity (Wildman–Crippen MR) is 75.2 cm³/mol. The molecule has 3 rings (SSSR count). The molecule has 88 valence electrons. The standard InChI is InChI=1S/C13H13BrN2S/c14-10-5-3-9(4-6-10)13-16-12(8-17-13)11-2-1-7-15-11/h3-6,8,11,15H,1-2,7H2. The van der Waals surface area contributed by atoms with Gasteiger partial charge >= 0.3 is 0 Å². The van der Waals surface area contributed by atoms with Crippen LogP contribution in [0.4, 0.5) is 0 Å². The van der Waals surface area contributed by atoms with E-state index in [0.717, 1.165) is 16.0 Å². The summed E-state index contributed by atoms with van der Waals surface area (Å²) in [6.45, 7) is 1.12. The van der Waals surface area contributed by atoms with Crippen LogP contribution in [-0.2, 0) is 0 Å². The second kappa shape index (κ2) is 4.88. The molecule has 2 aromatic rings. The Balaban J connectivity index is 1.86. The van der Waals surface area contributed by atoms with E-state index in [2.05, 4.69) is 50.9 Å². The maximum atomic E-state index is 4.73. The predicted octanol–water partition coefficient (Wildman–Crippen LogP) is 4.00. The van der Waals surface area contributed by atoms with E-state index < -0.39 is 0 Å². The average molecular weight is 309 g/mol. The van der Waals surface area contributed by atoms with Gasteiger partial charge in [-0.05, 0) is 31.5 Å². The van der Waals surface area contributed by atoms with Crippen molar-refractivity contribution >= 4 is 27.3 Å². The van der Waals surface area contributed by atoms with E-state index in [1.165, 1.54) is 24.1 Å². The van der Waals surface area contributed by atoms with Gasteiger partial charge in [0.15, 0.2) is 0 Å². The molecule has 0 radical (unpaired) electrons. The average Bonchev–Trinajstić information content (AvgIpc) is 3.00. The summed E-state index contributed by atoms with van der Waals surface area (Å²) in [4.78, 5) is 4.73. The molecule has 1 aliphatic heterocycles. The molecule has 1 atom stereocenters. The van der Waals surface area contributed by atoms with E-state index in [1.807, 2.05) is 0 Å². The maximum absolute atomic E-state index is 4.73. The third kappa shape index (κ3) is 2.44. The normalized spacial score (nSPS) is 19.7. The SMILES string of the molecule is Brc1ccc(-c2nc(C3CCCN3)cs2)cc1. The highest BCUT2D eigenvalue weighted by Gasteiger charge is 2.19. The summed E-state index contributed by atoms with van der Waals surface area (Å²) in [5, 5.41) is 6.78. The minimum absolute atomic E-state index is 0.468. The van der Waals surface area contributed by atoms with Crippen LogP contribution in [0.2, 0.25) is 0 Å². The number of rotatable bonds is 2. The Labute approximate surface area is 113 Å². The molecule has 1 fully saturated rings. The third-order valence-corrected chi connectivity index (χ3v) is 4.47. The zero-order valence-electron chi connectivity index (χ0n) is 9.32. The van der Waals surface area contributed by atoms with Gasteiger partial charge in [0.1, 0.15) is 5.01 Å². The summed E-state index contributed by atoms with van der Waals surface area (Å²) in [7, 11) is 0. The molecule has 1 saturated heterocycles. The first kappa shape index (κ1) is 11.4. The van der Waals surface area contributed by atoms with Crippen LogP contribution in [-0.4, -0.2) is 11.5 Å². The number of aromatic nitrogens is 1. The Morgan fingerprint density at radius 3 is 2.82 bits per heavy atom. The van der Waals surface area contributed by atoms with Crippen molar-refractivity contribution in [1.29, 1.82) is 0 Å². The van der Waals surface area contributed by atoms with Crippen LogP contribution in [0.1, 0.15) is 24.6 Å². The monoisotopic (exact) mass is 308 g/mol. The minimum Gasteiger partial charge on any atom is -0.309 e. The van der Waals surface area contributed by atoms with Crippen molar-refractivity contribution < 1.29 is 0 Å². The molecule has 1 aromatic heterocycles. The fraction of sp³-hybridized carbons (Fsp3) is 0.308. The lowest BCUT2D eigenvalue weighted by Crippen LogP contribution is -2.12. The van der Waals surface area contributed by atoms with E-state index in [9.17, 15) is 0 Å². The van der Waals surface area contributed by atoms with E-state index in [0.29, 0.717) is 6.04 Å². The summed E-state index contributed by atoms with van der Waals surface area (Å²) in [6, 6.07) is 8.80. The van der Waals surface area contributed by atoms with Crippen molar-refractivity contribution in [1.82, 2.24) is 10.3 Å². The topological polar surface area (TPSA) is 24.9 Å². The molecule has 1 N–H and O–H groups in total. The van der Waals surface area contributed by atoms with Gasteiger partial charge in [0.2, 0.25) is 0 Å². The summed E-state index contributed by atoms with van der Waals surface area (Å²) >= 11 is 5.18. The quantitative estimate of drug-likeness (QED) is 0.907. The van der Waals surface area contributed by atoms with Gasteiger partial charge in [-0.3, -0.25) is 0 Å². The van der Waals surface area contributed by atoms with Crippen molar-refractivity contribution in [3.05, 3.63) is 39.8 Å². The van der Waals surface area contributed by atoms with Crippen LogP contribution in [0.25, 0.3) is 10.6 Å². The lowest BCUT2D eigenvalue weighted by Gasteiger charge is -2.05. The van der Waals surface area contributed by atoms with Gasteiger partial charge in [-0.25, -0.2) is 4.98 Å². The molecular weight excluding hydrogens is 296 g/mol. The summed E-state index contributed by atoms with van der Waals surface area (Å²) in [5.41, 5.74) is 2.40. The first-order valence-electron chi connectivity index (χ1n) is 5.78. The Bertz CT molecular complexity index is 500. The summed E-state index contributed by atoms with van der Waals surface area (Å²) in [6.07, 6.45) is 2.47. The largest absolute Gasteiger partial charge is 0.309 e. The number of nitrogens with zero attached hydrogens (tertiary/aromatic N) is 1. The van der Waals surface area contributed by atoms with Crippen molar-refractivity contribution in [3.8, 4) is 10.6 Å². The number of nitrogens with one attached hydrogen (secondary N) is 1. The number of halogens is 1. The molecule has 0 bridgehead atoms. The van der Waals surface area contributed by atoms with Gasteiger partial charge in [0, 0.05) is 15.4 Å². The number of hydrogen-bond donors (Lipinski definition) is 1. The highest BCUT2D eigenvalue weighted by atomic mass is 79.9. The van der Waals surface area contributed by atoms with Crippen LogP contribution in [0.5, 0.6) is 0 Å². The van der Waals surface area contributed by atoms with Crippen LogP contribution in [0.15, 0.2) is 34.1 Å². The van der Waals surface area contributed by atoms with Gasteiger partial charge in [-0.1, -0.05) is 28.1 Å². The molecule has 1 aromatic carbocycles. The van der Waals surface area contributed by atoms with Gasteiger partial charge in [0.05, 0.1) is 11.7 Å². The highest BCUT2D eigenvalue weighted by molar-refractivity contribution is 9.10. The minimum atomic E-state index is 0.468. The second-order valence-electron chi connectivity index (χ2n) is 4.23. The molecule has 4 heteroatoms. The number of benzene rings is 1. The molecular formula is C13H13BrN2S.